The number of rotatable bonds is 4. The van der Waals surface area contributed by atoms with Crippen LogP contribution < -0.4 is 4.90 Å². The minimum atomic E-state index is -0.00918. The van der Waals surface area contributed by atoms with Gasteiger partial charge < -0.3 is 9.80 Å². The molecule has 4 heteroatoms. The molecule has 4 nitrogen and oxygen atoms in total. The summed E-state index contributed by atoms with van der Waals surface area (Å²) in [7, 11) is 0. The van der Waals surface area contributed by atoms with Gasteiger partial charge in [-0.2, -0.15) is 0 Å². The van der Waals surface area contributed by atoms with Crippen LogP contribution in [-0.4, -0.2) is 36.3 Å². The molecule has 0 spiro atoms. The van der Waals surface area contributed by atoms with E-state index in [0.717, 1.165) is 11.3 Å². The van der Waals surface area contributed by atoms with Gasteiger partial charge in [0.25, 0.3) is 0 Å². The highest BCUT2D eigenvalue weighted by molar-refractivity contribution is 5.98. The Bertz CT molecular complexity index is 829. The minimum Gasteiger partial charge on any atom is -0.332 e. The molecule has 0 atom stereocenters. The maximum absolute atomic E-state index is 12.6. The van der Waals surface area contributed by atoms with Gasteiger partial charge in [-0.1, -0.05) is 36.4 Å². The Balaban J connectivity index is 1.58. The highest BCUT2D eigenvalue weighted by atomic mass is 16.2. The molecule has 136 valence electrons. The molecule has 1 aliphatic heterocycles. The summed E-state index contributed by atoms with van der Waals surface area (Å²) in [5.41, 5.74) is 5.70. The van der Waals surface area contributed by atoms with Crippen molar-refractivity contribution in [1.29, 1.82) is 0 Å². The third-order valence-corrected chi connectivity index (χ3v) is 5.18. The Kier molecular flexibility index (Phi) is 5.40. The topological polar surface area (TPSA) is 40.6 Å². The number of hydrogen-bond donors (Lipinski definition) is 0. The molecule has 0 N–H and O–H groups in total. The maximum Gasteiger partial charge on any atom is 0.246 e. The lowest BCUT2D eigenvalue weighted by atomic mass is 10.0. The first-order valence-corrected chi connectivity index (χ1v) is 9.15. The number of carbonyl (C=O) groups is 2. The summed E-state index contributed by atoms with van der Waals surface area (Å²) < 4.78 is 0. The van der Waals surface area contributed by atoms with Gasteiger partial charge in [0, 0.05) is 25.2 Å². The predicted molar refractivity (Wildman–Crippen MR) is 104 cm³/mol. The fourth-order valence-corrected chi connectivity index (χ4v) is 3.38. The first-order valence-electron chi connectivity index (χ1n) is 9.15. The van der Waals surface area contributed by atoms with Gasteiger partial charge in [-0.15, -0.1) is 0 Å². The highest BCUT2D eigenvalue weighted by Crippen LogP contribution is 2.22. The van der Waals surface area contributed by atoms with Crippen LogP contribution in [0.5, 0.6) is 0 Å². The molecule has 3 rings (SSSR count). The van der Waals surface area contributed by atoms with Crippen LogP contribution in [0.1, 0.15) is 28.7 Å². The smallest absolute Gasteiger partial charge is 0.246 e. The van der Waals surface area contributed by atoms with Gasteiger partial charge in [-0.25, -0.2) is 0 Å². The number of benzene rings is 2. The van der Waals surface area contributed by atoms with Crippen molar-refractivity contribution >= 4 is 17.5 Å². The zero-order valence-corrected chi connectivity index (χ0v) is 15.8. The molecule has 1 aliphatic rings. The van der Waals surface area contributed by atoms with Crippen molar-refractivity contribution in [3.05, 3.63) is 64.7 Å². The van der Waals surface area contributed by atoms with E-state index in [9.17, 15) is 9.59 Å². The van der Waals surface area contributed by atoms with Crippen molar-refractivity contribution in [2.75, 3.05) is 24.5 Å². The Morgan fingerprint density at radius 1 is 0.962 bits per heavy atom. The van der Waals surface area contributed by atoms with E-state index in [4.69, 9.17) is 0 Å². The summed E-state index contributed by atoms with van der Waals surface area (Å²) in [6.45, 7) is 7.49. The summed E-state index contributed by atoms with van der Waals surface area (Å²) in [5.74, 6) is 0.0473. The highest BCUT2D eigenvalue weighted by Gasteiger charge is 2.28. The van der Waals surface area contributed by atoms with Crippen molar-refractivity contribution in [3.63, 3.8) is 0 Å². The van der Waals surface area contributed by atoms with E-state index in [1.165, 1.54) is 16.7 Å². The normalized spacial score (nSPS) is 14.7. The van der Waals surface area contributed by atoms with Gasteiger partial charge in [0.2, 0.25) is 11.8 Å². The number of nitrogens with zero attached hydrogens (tertiary/aromatic N) is 2. The molecule has 1 heterocycles. The zero-order chi connectivity index (χ0) is 18.7. The van der Waals surface area contributed by atoms with Crippen LogP contribution in [0.3, 0.4) is 0 Å². The molecular weight excluding hydrogens is 324 g/mol. The summed E-state index contributed by atoms with van der Waals surface area (Å²) in [6, 6.07) is 14.2. The summed E-state index contributed by atoms with van der Waals surface area (Å²) in [6.07, 6.45) is 1.16. The second kappa shape index (κ2) is 7.73. The third kappa shape index (κ3) is 3.96. The van der Waals surface area contributed by atoms with Crippen molar-refractivity contribution < 1.29 is 9.59 Å². The van der Waals surface area contributed by atoms with Crippen LogP contribution in [0.4, 0.5) is 5.69 Å². The molecule has 1 saturated heterocycles. The zero-order valence-electron chi connectivity index (χ0n) is 15.8. The van der Waals surface area contributed by atoms with Crippen molar-refractivity contribution in [2.45, 2.75) is 33.6 Å². The van der Waals surface area contributed by atoms with Gasteiger partial charge in [0.1, 0.15) is 6.54 Å². The summed E-state index contributed by atoms with van der Waals surface area (Å²) in [4.78, 5) is 28.6. The first-order chi connectivity index (χ1) is 12.5. The summed E-state index contributed by atoms with van der Waals surface area (Å²) >= 11 is 0. The summed E-state index contributed by atoms with van der Waals surface area (Å²) in [5, 5.41) is 0. The Hall–Kier alpha value is -2.62. The van der Waals surface area contributed by atoms with Gasteiger partial charge in [-0.05, 0) is 55.5 Å². The lowest BCUT2D eigenvalue weighted by Crippen LogP contribution is -2.52. The minimum absolute atomic E-state index is 0.00918. The number of amides is 2. The van der Waals surface area contributed by atoms with Crippen LogP contribution in [0.2, 0.25) is 0 Å². The van der Waals surface area contributed by atoms with Gasteiger partial charge in [0.05, 0.1) is 0 Å². The molecular formula is C22H26N2O2. The SMILES string of the molecule is Cc1ccc(CCC(=O)N2CCN(c3ccccc3C)C(=O)C2)cc1C. The van der Waals surface area contributed by atoms with Gasteiger partial charge >= 0.3 is 0 Å². The van der Waals surface area contributed by atoms with Crippen molar-refractivity contribution in [1.82, 2.24) is 4.90 Å². The molecule has 0 bridgehead atoms. The standard InChI is InChI=1S/C22H26N2O2/c1-16-8-9-19(14-18(16)3)10-11-21(25)23-12-13-24(22(26)15-23)20-7-5-4-6-17(20)2/h4-9,14H,10-13,15H2,1-3H3. The molecule has 2 amide bonds. The number of hydrogen-bond acceptors (Lipinski definition) is 2. The number of piperazine rings is 1. The predicted octanol–water partition coefficient (Wildman–Crippen LogP) is 3.42. The van der Waals surface area contributed by atoms with Crippen LogP contribution >= 0.6 is 0 Å². The van der Waals surface area contributed by atoms with Gasteiger partial charge in [0.15, 0.2) is 0 Å². The number of para-hydroxylation sites is 1. The molecule has 2 aromatic carbocycles. The maximum atomic E-state index is 12.6. The quantitative estimate of drug-likeness (QED) is 0.848. The van der Waals surface area contributed by atoms with Crippen molar-refractivity contribution in [3.8, 4) is 0 Å². The molecule has 0 radical (unpaired) electrons. The molecule has 2 aromatic rings. The first kappa shape index (κ1) is 18.2. The Morgan fingerprint density at radius 2 is 1.73 bits per heavy atom. The lowest BCUT2D eigenvalue weighted by Gasteiger charge is -2.35. The monoisotopic (exact) mass is 350 g/mol. The van der Waals surface area contributed by atoms with Crippen LogP contribution in [-0.2, 0) is 16.0 Å². The van der Waals surface area contributed by atoms with Crippen LogP contribution in [0.15, 0.2) is 42.5 Å². The lowest BCUT2D eigenvalue weighted by molar-refractivity contribution is -0.136. The number of anilines is 1. The van der Waals surface area contributed by atoms with E-state index in [-0.39, 0.29) is 18.4 Å². The average Bonchev–Trinajstić information content (AvgIpc) is 2.63. The third-order valence-electron chi connectivity index (χ3n) is 5.18. The van der Waals surface area contributed by atoms with Crippen molar-refractivity contribution in [2.24, 2.45) is 0 Å². The van der Waals surface area contributed by atoms with E-state index >= 15 is 0 Å². The molecule has 0 unspecified atom stereocenters. The largest absolute Gasteiger partial charge is 0.332 e. The Morgan fingerprint density at radius 3 is 2.42 bits per heavy atom. The van der Waals surface area contributed by atoms with E-state index in [1.807, 2.05) is 31.2 Å². The average molecular weight is 350 g/mol. The molecule has 1 fully saturated rings. The fraction of sp³-hybridized carbons (Fsp3) is 0.364. The van der Waals surface area contributed by atoms with Gasteiger partial charge in [-0.3, -0.25) is 9.59 Å². The second-order valence-corrected chi connectivity index (χ2v) is 7.07. The molecule has 26 heavy (non-hydrogen) atoms. The van der Waals surface area contributed by atoms with E-state index in [1.54, 1.807) is 9.80 Å². The van der Waals surface area contributed by atoms with E-state index in [0.29, 0.717) is 25.9 Å². The molecule has 0 aliphatic carbocycles. The second-order valence-electron chi connectivity index (χ2n) is 7.07. The van der Waals surface area contributed by atoms with E-state index in [2.05, 4.69) is 32.0 Å². The number of aryl methyl sites for hydroxylation is 4. The van der Waals surface area contributed by atoms with Crippen LogP contribution in [0, 0.1) is 20.8 Å². The van der Waals surface area contributed by atoms with Crippen LogP contribution in [0.25, 0.3) is 0 Å². The fourth-order valence-electron chi connectivity index (χ4n) is 3.38. The molecule has 0 saturated carbocycles. The number of carbonyl (C=O) groups excluding carboxylic acids is 2. The Labute approximate surface area is 155 Å². The van der Waals surface area contributed by atoms with E-state index < -0.39 is 0 Å². The molecule has 0 aromatic heterocycles.